The van der Waals surface area contributed by atoms with Crippen molar-refractivity contribution in [3.05, 3.63) is 49.3 Å². The molecule has 0 saturated heterocycles. The fourth-order valence-electron chi connectivity index (χ4n) is 3.11. The molecule has 0 aromatic carbocycles. The number of nitrogens with zero attached hydrogens (tertiary/aromatic N) is 1. The topological polar surface area (TPSA) is 71.3 Å². The predicted octanol–water partition coefficient (Wildman–Crippen LogP) is 4.12. The molecule has 0 unspecified atom stereocenters. The van der Waals surface area contributed by atoms with E-state index in [-0.39, 0.29) is 22.6 Å². The molecule has 1 saturated carbocycles. The van der Waals surface area contributed by atoms with Gasteiger partial charge < -0.3 is 15.0 Å². The molecule has 30 heavy (non-hydrogen) atoms. The number of carbonyl (C=O) groups is 1. The van der Waals surface area contributed by atoms with E-state index in [1.54, 1.807) is 0 Å². The molecule has 0 radical (unpaired) electrons. The fraction of sp³-hybridized carbons (Fsp3) is 0.400. The first-order valence-corrected chi connectivity index (χ1v) is 10.4. The molecule has 3 rings (SSSR count). The molecule has 2 heterocycles. The van der Waals surface area contributed by atoms with E-state index in [1.807, 2.05) is 0 Å². The van der Waals surface area contributed by atoms with Gasteiger partial charge in [-0.05, 0) is 31.7 Å². The lowest BCUT2D eigenvalue weighted by molar-refractivity contribution is 0.103. The third-order valence-corrected chi connectivity index (χ3v) is 6.01. The van der Waals surface area contributed by atoms with Crippen LogP contribution in [-0.2, 0) is 6.54 Å². The molecular weight excluding hydrogens is 441 g/mol. The van der Waals surface area contributed by atoms with E-state index in [0.717, 1.165) is 36.4 Å². The standard InChI is InChI=1S/C20H18ClF3N2O3S/c21-18-12(4-1-11-2-5-14(27)6-3-11)7-16(30-18)19(28)25-13-8-15(22)20(29)26(9-13)10-17(23)24/h7-9,11,14,17,27H,2-3,5-6,10H2,(H,25,28)/t11-,14-. The smallest absolute Gasteiger partial charge is 0.286 e. The second kappa shape index (κ2) is 9.69. The number of anilines is 1. The predicted molar refractivity (Wildman–Crippen MR) is 109 cm³/mol. The first-order valence-electron chi connectivity index (χ1n) is 9.21. The molecular formula is C20H18ClF3N2O3S. The quantitative estimate of drug-likeness (QED) is 0.677. The van der Waals surface area contributed by atoms with Gasteiger partial charge >= 0.3 is 0 Å². The summed E-state index contributed by atoms with van der Waals surface area (Å²) in [6.45, 7) is -0.984. The van der Waals surface area contributed by atoms with Crippen molar-refractivity contribution < 1.29 is 23.1 Å². The van der Waals surface area contributed by atoms with Crippen LogP contribution in [0.1, 0.15) is 40.9 Å². The summed E-state index contributed by atoms with van der Waals surface area (Å²) in [7, 11) is 0. The zero-order valence-electron chi connectivity index (χ0n) is 15.6. The van der Waals surface area contributed by atoms with Crippen molar-refractivity contribution in [2.75, 3.05) is 5.32 Å². The van der Waals surface area contributed by atoms with Crippen LogP contribution in [0, 0.1) is 23.6 Å². The van der Waals surface area contributed by atoms with E-state index in [4.69, 9.17) is 11.6 Å². The van der Waals surface area contributed by atoms with E-state index < -0.39 is 30.3 Å². The lowest BCUT2D eigenvalue weighted by atomic mass is 9.88. The Kier molecular flexibility index (Phi) is 7.23. The highest BCUT2D eigenvalue weighted by atomic mass is 35.5. The molecule has 0 atom stereocenters. The van der Waals surface area contributed by atoms with Crippen molar-refractivity contribution in [2.24, 2.45) is 5.92 Å². The Labute approximate surface area is 179 Å². The molecule has 10 heteroatoms. The molecule has 5 nitrogen and oxygen atoms in total. The summed E-state index contributed by atoms with van der Waals surface area (Å²) in [6.07, 6.45) is 0.832. The highest BCUT2D eigenvalue weighted by Crippen LogP contribution is 2.29. The molecule has 2 N–H and O–H groups in total. The number of hydrogen-bond donors (Lipinski definition) is 2. The number of alkyl halides is 2. The van der Waals surface area contributed by atoms with Gasteiger partial charge in [-0.25, -0.2) is 13.2 Å². The van der Waals surface area contributed by atoms with Crippen molar-refractivity contribution in [1.29, 1.82) is 0 Å². The van der Waals surface area contributed by atoms with Crippen LogP contribution in [-0.4, -0.2) is 28.1 Å². The lowest BCUT2D eigenvalue weighted by Gasteiger charge is -2.20. The van der Waals surface area contributed by atoms with E-state index in [0.29, 0.717) is 27.3 Å². The van der Waals surface area contributed by atoms with Gasteiger partial charge in [0.25, 0.3) is 17.9 Å². The summed E-state index contributed by atoms with van der Waals surface area (Å²) in [5.74, 6) is 4.35. The molecule has 2 aromatic rings. The van der Waals surface area contributed by atoms with Gasteiger partial charge in [-0.15, -0.1) is 11.3 Å². The molecule has 1 aliphatic carbocycles. The number of aliphatic hydroxyl groups excluding tert-OH is 1. The number of pyridine rings is 1. The van der Waals surface area contributed by atoms with Crippen molar-refractivity contribution in [3.8, 4) is 11.8 Å². The average molecular weight is 459 g/mol. The van der Waals surface area contributed by atoms with Crippen molar-refractivity contribution in [3.63, 3.8) is 0 Å². The van der Waals surface area contributed by atoms with Crippen LogP contribution in [0.5, 0.6) is 0 Å². The van der Waals surface area contributed by atoms with E-state index >= 15 is 0 Å². The number of thiophene rings is 1. The van der Waals surface area contributed by atoms with E-state index in [1.165, 1.54) is 6.07 Å². The number of aliphatic hydroxyl groups is 1. The molecule has 0 bridgehead atoms. The number of carbonyl (C=O) groups excluding carboxylic acids is 1. The third kappa shape index (κ3) is 5.65. The Morgan fingerprint density at radius 3 is 2.70 bits per heavy atom. The molecule has 0 spiro atoms. The van der Waals surface area contributed by atoms with Crippen LogP contribution >= 0.6 is 22.9 Å². The maximum Gasteiger partial charge on any atom is 0.286 e. The number of amides is 1. The monoisotopic (exact) mass is 458 g/mol. The Morgan fingerprint density at radius 2 is 2.03 bits per heavy atom. The molecule has 0 aliphatic heterocycles. The van der Waals surface area contributed by atoms with Gasteiger partial charge in [0.05, 0.1) is 28.8 Å². The lowest BCUT2D eigenvalue weighted by Crippen LogP contribution is -2.26. The molecule has 1 aliphatic rings. The zero-order chi connectivity index (χ0) is 21.8. The van der Waals surface area contributed by atoms with Crippen LogP contribution in [0.25, 0.3) is 0 Å². The minimum Gasteiger partial charge on any atom is -0.393 e. The Morgan fingerprint density at radius 1 is 1.33 bits per heavy atom. The van der Waals surface area contributed by atoms with Crippen LogP contribution in [0.3, 0.4) is 0 Å². The van der Waals surface area contributed by atoms with Crippen LogP contribution < -0.4 is 10.9 Å². The molecule has 1 amide bonds. The number of halogens is 4. The minimum absolute atomic E-state index is 0.129. The van der Waals surface area contributed by atoms with Gasteiger partial charge in [0.1, 0.15) is 4.34 Å². The fourth-order valence-corrected chi connectivity index (χ4v) is 4.20. The normalized spacial score (nSPS) is 18.7. The average Bonchev–Trinajstić information content (AvgIpc) is 3.06. The number of nitrogens with one attached hydrogen (secondary N) is 1. The summed E-state index contributed by atoms with van der Waals surface area (Å²) in [5.41, 5.74) is -0.845. The first-order chi connectivity index (χ1) is 14.2. The second-order valence-electron chi connectivity index (χ2n) is 6.95. The molecule has 2 aromatic heterocycles. The maximum atomic E-state index is 13.7. The minimum atomic E-state index is -2.85. The molecule has 160 valence electrons. The summed E-state index contributed by atoms with van der Waals surface area (Å²) < 4.78 is 39.7. The summed E-state index contributed by atoms with van der Waals surface area (Å²) in [5, 5.41) is 11.9. The van der Waals surface area contributed by atoms with Crippen LogP contribution in [0.2, 0.25) is 4.34 Å². The van der Waals surface area contributed by atoms with Gasteiger partial charge in [0.15, 0.2) is 5.82 Å². The Balaban J connectivity index is 1.73. The van der Waals surface area contributed by atoms with Gasteiger partial charge in [-0.3, -0.25) is 9.59 Å². The summed E-state index contributed by atoms with van der Waals surface area (Å²) in [4.78, 5) is 24.2. The highest BCUT2D eigenvalue weighted by Gasteiger charge is 2.18. The third-order valence-electron chi connectivity index (χ3n) is 4.65. The Bertz CT molecular complexity index is 1050. The largest absolute Gasteiger partial charge is 0.393 e. The maximum absolute atomic E-state index is 13.7. The second-order valence-corrected chi connectivity index (χ2v) is 8.61. The van der Waals surface area contributed by atoms with Crippen LogP contribution in [0.15, 0.2) is 23.1 Å². The van der Waals surface area contributed by atoms with E-state index in [2.05, 4.69) is 17.2 Å². The van der Waals surface area contributed by atoms with Gasteiger partial charge in [-0.1, -0.05) is 23.4 Å². The van der Waals surface area contributed by atoms with Crippen molar-refractivity contribution >= 4 is 34.5 Å². The van der Waals surface area contributed by atoms with Gasteiger partial charge in [0, 0.05) is 18.2 Å². The number of hydrogen-bond acceptors (Lipinski definition) is 4. The summed E-state index contributed by atoms with van der Waals surface area (Å²) >= 11 is 7.15. The van der Waals surface area contributed by atoms with Crippen LogP contribution in [0.4, 0.5) is 18.9 Å². The number of aromatic nitrogens is 1. The van der Waals surface area contributed by atoms with Crippen molar-refractivity contribution in [2.45, 2.75) is 44.8 Å². The first kappa shape index (κ1) is 22.4. The Hall–Kier alpha value is -2.28. The number of rotatable bonds is 4. The van der Waals surface area contributed by atoms with E-state index in [9.17, 15) is 27.9 Å². The van der Waals surface area contributed by atoms with Crippen molar-refractivity contribution in [1.82, 2.24) is 4.57 Å². The highest BCUT2D eigenvalue weighted by molar-refractivity contribution is 7.18. The van der Waals surface area contributed by atoms with Gasteiger partial charge in [-0.2, -0.15) is 0 Å². The SMILES string of the molecule is O=C(Nc1cc(F)c(=O)n(CC(F)F)c1)c1cc(C#C[C@H]2CC[C@H](O)CC2)c(Cl)s1. The summed E-state index contributed by atoms with van der Waals surface area (Å²) in [6, 6.07) is 2.27. The van der Waals surface area contributed by atoms with Gasteiger partial charge in [0.2, 0.25) is 0 Å². The zero-order valence-corrected chi connectivity index (χ0v) is 17.2. The molecule has 1 fully saturated rings.